The van der Waals surface area contributed by atoms with E-state index in [1.807, 2.05) is 60.0 Å². The molecule has 0 bridgehead atoms. The molecule has 118 valence electrons. The van der Waals surface area contributed by atoms with Gasteiger partial charge in [0.1, 0.15) is 11.6 Å². The lowest BCUT2D eigenvalue weighted by molar-refractivity contribution is 0.566. The highest BCUT2D eigenvalue weighted by Crippen LogP contribution is 2.30. The molecule has 0 saturated heterocycles. The predicted molar refractivity (Wildman–Crippen MR) is 94.9 cm³/mol. The molecule has 0 aliphatic rings. The molecule has 4 aromatic rings. The van der Waals surface area contributed by atoms with Crippen molar-refractivity contribution in [3.63, 3.8) is 0 Å². The zero-order valence-electron chi connectivity index (χ0n) is 12.5. The first-order valence-corrected chi connectivity index (χ1v) is 8.58. The first-order valence-electron chi connectivity index (χ1n) is 7.32. The highest BCUT2D eigenvalue weighted by atomic mass is 35.5. The summed E-state index contributed by atoms with van der Waals surface area (Å²) >= 11 is 7.78. The number of thiazole rings is 1. The Labute approximate surface area is 147 Å². The quantitative estimate of drug-likeness (QED) is 0.552. The normalized spacial score (nSPS) is 10.9. The number of nitrogens with zero attached hydrogens (tertiary/aromatic N) is 5. The molecule has 0 unspecified atom stereocenters. The van der Waals surface area contributed by atoms with Gasteiger partial charge >= 0.3 is 0 Å². The van der Waals surface area contributed by atoms with Gasteiger partial charge < -0.3 is 0 Å². The van der Waals surface area contributed by atoms with E-state index < -0.39 is 0 Å². The fourth-order valence-electron chi connectivity index (χ4n) is 2.30. The summed E-state index contributed by atoms with van der Waals surface area (Å²) in [5.41, 5.74) is 2.76. The van der Waals surface area contributed by atoms with Gasteiger partial charge in [0, 0.05) is 16.5 Å². The molecule has 0 atom stereocenters. The van der Waals surface area contributed by atoms with E-state index in [0.717, 1.165) is 21.8 Å². The third-order valence-corrected chi connectivity index (χ3v) is 4.70. The van der Waals surface area contributed by atoms with Crippen LogP contribution in [0.2, 0.25) is 5.02 Å². The van der Waals surface area contributed by atoms with Crippen LogP contribution in [0.15, 0.2) is 60.0 Å². The van der Waals surface area contributed by atoms with E-state index in [2.05, 4.69) is 20.4 Å². The summed E-state index contributed by atoms with van der Waals surface area (Å²) in [4.78, 5) is 6.17. The van der Waals surface area contributed by atoms with Gasteiger partial charge in [-0.1, -0.05) is 60.1 Å². The molecule has 0 N–H and O–H groups in total. The van der Waals surface area contributed by atoms with E-state index in [4.69, 9.17) is 11.6 Å². The second-order valence-electron chi connectivity index (χ2n) is 5.13. The third kappa shape index (κ3) is 3.06. The Balaban J connectivity index is 1.55. The summed E-state index contributed by atoms with van der Waals surface area (Å²) in [6, 6.07) is 17.5. The van der Waals surface area contributed by atoms with Crippen LogP contribution >= 0.6 is 22.9 Å². The maximum absolute atomic E-state index is 6.23. The Morgan fingerprint density at radius 2 is 1.79 bits per heavy atom. The van der Waals surface area contributed by atoms with E-state index in [0.29, 0.717) is 17.4 Å². The lowest BCUT2D eigenvalue weighted by atomic mass is 10.2. The van der Waals surface area contributed by atoms with Gasteiger partial charge in [-0.15, -0.1) is 21.5 Å². The molecule has 4 rings (SSSR count). The van der Waals surface area contributed by atoms with Crippen LogP contribution in [0.4, 0.5) is 0 Å². The zero-order valence-corrected chi connectivity index (χ0v) is 14.1. The lowest BCUT2D eigenvalue weighted by Gasteiger charge is -1.98. The SMILES string of the molecule is Clc1ccccc1-c1nc(Cn2nnc(-c3ccccc3)n2)cs1. The number of aromatic nitrogens is 5. The van der Waals surface area contributed by atoms with Gasteiger partial charge in [0.2, 0.25) is 5.82 Å². The Morgan fingerprint density at radius 3 is 2.62 bits per heavy atom. The summed E-state index contributed by atoms with van der Waals surface area (Å²) in [6.07, 6.45) is 0. The van der Waals surface area contributed by atoms with Crippen LogP contribution in [0.25, 0.3) is 22.0 Å². The number of halogens is 1. The van der Waals surface area contributed by atoms with Crippen molar-refractivity contribution in [2.75, 3.05) is 0 Å². The molecule has 0 aliphatic carbocycles. The van der Waals surface area contributed by atoms with Crippen molar-refractivity contribution in [2.24, 2.45) is 0 Å². The van der Waals surface area contributed by atoms with Crippen LogP contribution in [0.3, 0.4) is 0 Å². The van der Waals surface area contributed by atoms with Gasteiger partial charge in [-0.2, -0.15) is 4.80 Å². The van der Waals surface area contributed by atoms with E-state index in [9.17, 15) is 0 Å². The minimum Gasteiger partial charge on any atom is -0.239 e. The molecule has 0 aliphatic heterocycles. The minimum absolute atomic E-state index is 0.473. The van der Waals surface area contributed by atoms with Crippen molar-refractivity contribution >= 4 is 22.9 Å². The van der Waals surface area contributed by atoms with Crippen LogP contribution in [0, 0.1) is 0 Å². The molecule has 2 heterocycles. The zero-order chi connectivity index (χ0) is 16.4. The van der Waals surface area contributed by atoms with Crippen LogP contribution in [0.5, 0.6) is 0 Å². The number of tetrazole rings is 1. The molecular weight excluding hydrogens is 342 g/mol. The molecule has 2 aromatic heterocycles. The molecule has 7 heteroatoms. The van der Waals surface area contributed by atoms with Gasteiger partial charge in [0.25, 0.3) is 0 Å². The largest absolute Gasteiger partial charge is 0.239 e. The number of rotatable bonds is 4. The van der Waals surface area contributed by atoms with E-state index >= 15 is 0 Å². The van der Waals surface area contributed by atoms with Crippen LogP contribution in [0.1, 0.15) is 5.69 Å². The summed E-state index contributed by atoms with van der Waals surface area (Å²) in [5.74, 6) is 0.608. The topological polar surface area (TPSA) is 56.5 Å². The van der Waals surface area contributed by atoms with E-state index in [-0.39, 0.29) is 0 Å². The molecule has 0 fully saturated rings. The Kier molecular flexibility index (Phi) is 4.06. The average molecular weight is 354 g/mol. The van der Waals surface area contributed by atoms with Crippen molar-refractivity contribution in [3.05, 3.63) is 70.7 Å². The first kappa shape index (κ1) is 15.0. The highest BCUT2D eigenvalue weighted by molar-refractivity contribution is 7.13. The second-order valence-corrected chi connectivity index (χ2v) is 6.40. The first-order chi connectivity index (χ1) is 11.8. The van der Waals surface area contributed by atoms with Gasteiger partial charge in [0.15, 0.2) is 0 Å². The van der Waals surface area contributed by atoms with Gasteiger partial charge in [-0.05, 0) is 11.3 Å². The van der Waals surface area contributed by atoms with Crippen molar-refractivity contribution in [1.82, 2.24) is 25.2 Å². The molecule has 0 saturated carbocycles. The van der Waals surface area contributed by atoms with Crippen LogP contribution in [-0.2, 0) is 6.54 Å². The summed E-state index contributed by atoms with van der Waals surface area (Å²) in [5, 5.41) is 16.2. The van der Waals surface area contributed by atoms with E-state index in [1.54, 1.807) is 16.1 Å². The predicted octanol–water partition coefficient (Wildman–Crippen LogP) is 4.17. The monoisotopic (exact) mass is 353 g/mol. The minimum atomic E-state index is 0.473. The van der Waals surface area contributed by atoms with Crippen LogP contribution < -0.4 is 0 Å². The Bertz CT molecular complexity index is 964. The Hall–Kier alpha value is -2.57. The standard InChI is InChI=1S/C17H12ClN5S/c18-15-9-5-4-8-14(15)17-19-13(11-24-17)10-23-21-16(20-22-23)12-6-2-1-3-7-12/h1-9,11H,10H2. The van der Waals surface area contributed by atoms with Crippen LogP contribution in [-0.4, -0.2) is 25.2 Å². The van der Waals surface area contributed by atoms with Crippen molar-refractivity contribution in [1.29, 1.82) is 0 Å². The number of benzene rings is 2. The van der Waals surface area contributed by atoms with E-state index in [1.165, 1.54) is 0 Å². The average Bonchev–Trinajstić information content (AvgIpc) is 3.26. The summed E-state index contributed by atoms with van der Waals surface area (Å²) < 4.78 is 0. The van der Waals surface area contributed by atoms with Gasteiger partial charge in [-0.3, -0.25) is 0 Å². The lowest BCUT2D eigenvalue weighted by Crippen LogP contribution is -2.04. The highest BCUT2D eigenvalue weighted by Gasteiger charge is 2.10. The number of hydrogen-bond donors (Lipinski definition) is 0. The van der Waals surface area contributed by atoms with Crippen molar-refractivity contribution < 1.29 is 0 Å². The fraction of sp³-hybridized carbons (Fsp3) is 0.0588. The smallest absolute Gasteiger partial charge is 0.204 e. The van der Waals surface area contributed by atoms with Crippen molar-refractivity contribution in [3.8, 4) is 22.0 Å². The van der Waals surface area contributed by atoms with Gasteiger partial charge in [0.05, 0.1) is 10.7 Å². The third-order valence-electron chi connectivity index (χ3n) is 3.44. The molecule has 0 radical (unpaired) electrons. The Morgan fingerprint density at radius 1 is 1.00 bits per heavy atom. The summed E-state index contributed by atoms with van der Waals surface area (Å²) in [7, 11) is 0. The fourth-order valence-corrected chi connectivity index (χ4v) is 3.43. The molecule has 24 heavy (non-hydrogen) atoms. The molecule has 2 aromatic carbocycles. The summed E-state index contributed by atoms with van der Waals surface area (Å²) in [6.45, 7) is 0.473. The van der Waals surface area contributed by atoms with Gasteiger partial charge in [-0.25, -0.2) is 4.98 Å². The maximum atomic E-state index is 6.23. The second kappa shape index (κ2) is 6.51. The maximum Gasteiger partial charge on any atom is 0.204 e. The molecular formula is C17H12ClN5S. The molecule has 5 nitrogen and oxygen atoms in total. The van der Waals surface area contributed by atoms with Crippen molar-refractivity contribution in [2.45, 2.75) is 6.54 Å². The number of hydrogen-bond acceptors (Lipinski definition) is 5. The molecule has 0 amide bonds. The molecule has 0 spiro atoms.